The van der Waals surface area contributed by atoms with E-state index in [1.165, 1.54) is 4.88 Å². The largest absolute Gasteiger partial charge is 0.306 e. The van der Waals surface area contributed by atoms with Crippen LogP contribution in [0.5, 0.6) is 0 Å². The van der Waals surface area contributed by atoms with Crippen molar-refractivity contribution in [1.82, 2.24) is 5.32 Å². The molecule has 0 aliphatic carbocycles. The fraction of sp³-hybridized carbons (Fsp3) is 0.600. The Balaban J connectivity index is 1.94. The highest BCUT2D eigenvalue weighted by Crippen LogP contribution is 2.21. The Labute approximate surface area is 94.4 Å². The molecule has 84 valence electrons. The highest BCUT2D eigenvalue weighted by Gasteiger charge is 2.28. The summed E-state index contributed by atoms with van der Waals surface area (Å²) in [6, 6.07) is 4.48. The first-order chi connectivity index (χ1) is 7.07. The van der Waals surface area contributed by atoms with Gasteiger partial charge >= 0.3 is 0 Å². The van der Waals surface area contributed by atoms with Crippen LogP contribution in [0.4, 0.5) is 0 Å². The lowest BCUT2D eigenvalue weighted by Gasteiger charge is -2.16. The monoisotopic (exact) mass is 245 g/mol. The van der Waals surface area contributed by atoms with Gasteiger partial charge in [0, 0.05) is 17.0 Å². The molecule has 0 saturated carbocycles. The van der Waals surface area contributed by atoms with E-state index in [1.807, 2.05) is 11.4 Å². The average Bonchev–Trinajstić information content (AvgIpc) is 2.74. The maximum atomic E-state index is 11.3. The Bertz CT molecular complexity index is 411. The molecule has 0 spiro atoms. The van der Waals surface area contributed by atoms with E-state index in [2.05, 4.69) is 18.3 Å². The summed E-state index contributed by atoms with van der Waals surface area (Å²) < 4.78 is 22.5. The Morgan fingerprint density at radius 2 is 2.40 bits per heavy atom. The summed E-state index contributed by atoms with van der Waals surface area (Å²) in [6.07, 6.45) is 0.748. The van der Waals surface area contributed by atoms with E-state index in [0.717, 1.165) is 6.42 Å². The zero-order valence-electron chi connectivity index (χ0n) is 8.64. The number of nitrogens with one attached hydrogen (secondary N) is 1. The molecule has 1 fully saturated rings. The van der Waals surface area contributed by atoms with Crippen molar-refractivity contribution in [1.29, 1.82) is 0 Å². The number of thiophene rings is 1. The van der Waals surface area contributed by atoms with Crippen LogP contribution in [0.15, 0.2) is 17.5 Å². The molecule has 3 nitrogen and oxygen atoms in total. The molecule has 1 aromatic rings. The summed E-state index contributed by atoms with van der Waals surface area (Å²) in [5.41, 5.74) is 0. The molecule has 2 atom stereocenters. The molecule has 1 aromatic heterocycles. The van der Waals surface area contributed by atoms with Gasteiger partial charge in [0.05, 0.1) is 11.5 Å². The van der Waals surface area contributed by atoms with Gasteiger partial charge < -0.3 is 5.32 Å². The van der Waals surface area contributed by atoms with Gasteiger partial charge in [-0.2, -0.15) is 0 Å². The van der Waals surface area contributed by atoms with E-state index in [4.69, 9.17) is 0 Å². The number of rotatable bonds is 3. The first kappa shape index (κ1) is 11.1. The highest BCUT2D eigenvalue weighted by atomic mass is 32.2. The van der Waals surface area contributed by atoms with Gasteiger partial charge in [-0.25, -0.2) is 8.42 Å². The number of hydrogen-bond donors (Lipinski definition) is 1. The summed E-state index contributed by atoms with van der Waals surface area (Å²) in [6.45, 7) is 2.08. The maximum Gasteiger partial charge on any atom is 0.151 e. The summed E-state index contributed by atoms with van der Waals surface area (Å²) in [5.74, 6) is 0.630. The van der Waals surface area contributed by atoms with Gasteiger partial charge in [0.2, 0.25) is 0 Å². The Hall–Kier alpha value is -0.390. The SMILES string of the molecule is C[C@H](NC1CCS(=O)(=O)C1)c1cccs1. The summed E-state index contributed by atoms with van der Waals surface area (Å²) in [4.78, 5) is 1.26. The van der Waals surface area contributed by atoms with Crippen molar-refractivity contribution in [2.75, 3.05) is 11.5 Å². The Morgan fingerprint density at radius 3 is 2.93 bits per heavy atom. The van der Waals surface area contributed by atoms with Crippen LogP contribution in [0.1, 0.15) is 24.3 Å². The van der Waals surface area contributed by atoms with Gasteiger partial charge in [-0.15, -0.1) is 11.3 Å². The minimum Gasteiger partial charge on any atom is -0.306 e. The second kappa shape index (κ2) is 4.23. The van der Waals surface area contributed by atoms with Crippen LogP contribution in [0, 0.1) is 0 Å². The maximum absolute atomic E-state index is 11.3. The lowest BCUT2D eigenvalue weighted by atomic mass is 10.2. The Morgan fingerprint density at radius 1 is 1.60 bits per heavy atom. The van der Waals surface area contributed by atoms with Crippen LogP contribution >= 0.6 is 11.3 Å². The number of sulfone groups is 1. The van der Waals surface area contributed by atoms with E-state index in [1.54, 1.807) is 11.3 Å². The smallest absolute Gasteiger partial charge is 0.151 e. The van der Waals surface area contributed by atoms with Crippen molar-refractivity contribution < 1.29 is 8.42 Å². The molecule has 0 aromatic carbocycles. The Kier molecular flexibility index (Phi) is 3.13. The van der Waals surface area contributed by atoms with Crippen molar-refractivity contribution in [3.8, 4) is 0 Å². The van der Waals surface area contributed by atoms with Crippen LogP contribution in [-0.2, 0) is 9.84 Å². The van der Waals surface area contributed by atoms with Gasteiger partial charge in [0.1, 0.15) is 0 Å². The molecule has 1 saturated heterocycles. The topological polar surface area (TPSA) is 46.2 Å². The first-order valence-electron chi connectivity index (χ1n) is 5.07. The van der Waals surface area contributed by atoms with Crippen LogP contribution in [0.3, 0.4) is 0 Å². The van der Waals surface area contributed by atoms with Crippen molar-refractivity contribution in [2.24, 2.45) is 0 Å². The van der Waals surface area contributed by atoms with Crippen molar-refractivity contribution in [2.45, 2.75) is 25.4 Å². The molecule has 5 heteroatoms. The predicted molar refractivity (Wildman–Crippen MR) is 62.9 cm³/mol. The highest BCUT2D eigenvalue weighted by molar-refractivity contribution is 7.91. The van der Waals surface area contributed by atoms with E-state index in [9.17, 15) is 8.42 Å². The molecule has 1 aliphatic heterocycles. The molecule has 15 heavy (non-hydrogen) atoms. The van der Waals surface area contributed by atoms with Gasteiger partial charge in [0.15, 0.2) is 9.84 Å². The third kappa shape index (κ3) is 2.80. The number of hydrogen-bond acceptors (Lipinski definition) is 4. The summed E-state index contributed by atoms with van der Waals surface area (Å²) in [5, 5.41) is 5.41. The summed E-state index contributed by atoms with van der Waals surface area (Å²) >= 11 is 1.70. The molecule has 1 unspecified atom stereocenters. The van der Waals surface area contributed by atoms with Crippen LogP contribution < -0.4 is 5.32 Å². The minimum absolute atomic E-state index is 0.132. The standard InChI is InChI=1S/C10H15NO2S2/c1-8(10-3-2-5-14-10)11-9-4-6-15(12,13)7-9/h2-3,5,8-9,11H,4,6-7H2,1H3/t8-,9?/m0/s1. The quantitative estimate of drug-likeness (QED) is 0.879. The van der Waals surface area contributed by atoms with Crippen molar-refractivity contribution >= 4 is 21.2 Å². The van der Waals surface area contributed by atoms with Crippen LogP contribution in [0.25, 0.3) is 0 Å². The fourth-order valence-electron chi connectivity index (χ4n) is 1.90. The van der Waals surface area contributed by atoms with Crippen molar-refractivity contribution in [3.05, 3.63) is 22.4 Å². The predicted octanol–water partition coefficient (Wildman–Crippen LogP) is 1.59. The van der Waals surface area contributed by atoms with E-state index in [0.29, 0.717) is 11.5 Å². The first-order valence-corrected chi connectivity index (χ1v) is 7.77. The average molecular weight is 245 g/mol. The van der Waals surface area contributed by atoms with Gasteiger partial charge in [-0.05, 0) is 24.8 Å². The minimum atomic E-state index is -2.77. The lowest BCUT2D eigenvalue weighted by molar-refractivity contribution is 0.490. The molecule has 0 bridgehead atoms. The molecular formula is C10H15NO2S2. The van der Waals surface area contributed by atoms with E-state index in [-0.39, 0.29) is 12.1 Å². The van der Waals surface area contributed by atoms with Gasteiger partial charge in [-0.3, -0.25) is 0 Å². The zero-order chi connectivity index (χ0) is 10.9. The second-order valence-corrected chi connectivity index (χ2v) is 7.21. The third-order valence-electron chi connectivity index (χ3n) is 2.69. The molecule has 2 rings (SSSR count). The molecule has 2 heterocycles. The van der Waals surface area contributed by atoms with Crippen LogP contribution in [-0.4, -0.2) is 26.0 Å². The molecule has 1 N–H and O–H groups in total. The molecule has 0 amide bonds. The normalized spacial score (nSPS) is 26.6. The molecule has 1 aliphatic rings. The summed E-state index contributed by atoms with van der Waals surface area (Å²) in [7, 11) is -2.77. The molecular weight excluding hydrogens is 230 g/mol. The zero-order valence-corrected chi connectivity index (χ0v) is 10.3. The van der Waals surface area contributed by atoms with E-state index >= 15 is 0 Å². The van der Waals surface area contributed by atoms with E-state index < -0.39 is 9.84 Å². The third-order valence-corrected chi connectivity index (χ3v) is 5.51. The second-order valence-electron chi connectivity index (χ2n) is 4.00. The van der Waals surface area contributed by atoms with Gasteiger partial charge in [0.25, 0.3) is 0 Å². The fourth-order valence-corrected chi connectivity index (χ4v) is 4.33. The van der Waals surface area contributed by atoms with Crippen LogP contribution in [0.2, 0.25) is 0 Å². The molecule has 0 radical (unpaired) electrons. The van der Waals surface area contributed by atoms with Crippen molar-refractivity contribution in [3.63, 3.8) is 0 Å². The lowest BCUT2D eigenvalue weighted by Crippen LogP contribution is -2.31. The van der Waals surface area contributed by atoms with Gasteiger partial charge in [-0.1, -0.05) is 6.07 Å².